The normalized spacial score (nSPS) is 14.7. The van der Waals surface area contributed by atoms with Crippen LogP contribution in [0, 0.1) is 0 Å². The van der Waals surface area contributed by atoms with Gasteiger partial charge in [-0.2, -0.15) is 13.2 Å². The summed E-state index contributed by atoms with van der Waals surface area (Å²) in [5.41, 5.74) is -0.374. The van der Waals surface area contributed by atoms with Gasteiger partial charge in [0.25, 0.3) is 0 Å². The van der Waals surface area contributed by atoms with E-state index in [2.05, 4.69) is 30.6 Å². The number of amides is 3. The molecular formula is C28H27ClF3N7O4. The molecule has 1 saturated heterocycles. The Balaban J connectivity index is 1.29. The van der Waals surface area contributed by atoms with Crippen molar-refractivity contribution in [2.45, 2.75) is 37.6 Å². The number of benzene rings is 1. The third kappa shape index (κ3) is 9.74. The molecule has 0 aliphatic carbocycles. The zero-order valence-electron chi connectivity index (χ0n) is 22.6. The lowest BCUT2D eigenvalue weighted by Gasteiger charge is -2.32. The fourth-order valence-electron chi connectivity index (χ4n) is 4.14. The van der Waals surface area contributed by atoms with Crippen LogP contribution in [0.15, 0.2) is 61.2 Å². The number of halogens is 4. The van der Waals surface area contributed by atoms with Gasteiger partial charge < -0.3 is 20.3 Å². The van der Waals surface area contributed by atoms with Crippen LogP contribution < -0.4 is 15.4 Å². The van der Waals surface area contributed by atoms with Crippen molar-refractivity contribution < 1.29 is 32.3 Å². The maximum atomic E-state index is 13.0. The largest absolute Gasteiger partial charge is 0.474 e. The monoisotopic (exact) mass is 617 g/mol. The van der Waals surface area contributed by atoms with Crippen LogP contribution in [0.5, 0.6) is 5.88 Å². The lowest BCUT2D eigenvalue weighted by Crippen LogP contribution is -2.51. The van der Waals surface area contributed by atoms with E-state index in [4.69, 9.17) is 16.3 Å². The van der Waals surface area contributed by atoms with Crippen LogP contribution in [0.4, 0.5) is 13.2 Å². The topological polar surface area (TPSA) is 139 Å². The molecule has 11 nitrogen and oxygen atoms in total. The van der Waals surface area contributed by atoms with Gasteiger partial charge in [0.05, 0.1) is 6.54 Å². The summed E-state index contributed by atoms with van der Waals surface area (Å²) in [6.45, 7) is 0.210. The molecule has 1 aliphatic rings. The van der Waals surface area contributed by atoms with E-state index < -0.39 is 35.8 Å². The number of piperidine rings is 1. The number of ether oxygens (including phenoxy) is 1. The number of carbonyl (C=O) groups excluding carboxylic acids is 3. The van der Waals surface area contributed by atoms with Crippen LogP contribution in [0.3, 0.4) is 0 Å². The molecule has 1 fully saturated rings. The molecule has 2 aromatic heterocycles. The number of hydrogen-bond donors (Lipinski definition) is 2. The summed E-state index contributed by atoms with van der Waals surface area (Å²) in [5.74, 6) is -1.37. The van der Waals surface area contributed by atoms with E-state index in [1.807, 2.05) is 0 Å². The molecule has 1 atom stereocenters. The molecule has 3 amide bonds. The first-order valence-corrected chi connectivity index (χ1v) is 13.6. The lowest BCUT2D eigenvalue weighted by molar-refractivity contribution is -0.141. The highest BCUT2D eigenvalue weighted by Gasteiger charge is 2.33. The Morgan fingerprint density at radius 1 is 1.07 bits per heavy atom. The highest BCUT2D eigenvalue weighted by atomic mass is 35.5. The third-order valence-electron chi connectivity index (χ3n) is 6.36. The lowest BCUT2D eigenvalue weighted by atomic mass is 10.1. The maximum Gasteiger partial charge on any atom is 0.433 e. The Hall–Kier alpha value is -4.59. The zero-order chi connectivity index (χ0) is 30.8. The molecule has 1 aromatic carbocycles. The molecule has 2 N–H and O–H groups in total. The second-order valence-corrected chi connectivity index (χ2v) is 9.91. The first kappa shape index (κ1) is 31.3. The smallest absolute Gasteiger partial charge is 0.433 e. The summed E-state index contributed by atoms with van der Waals surface area (Å²) in [7, 11) is 0. The molecule has 0 bridgehead atoms. The predicted octanol–water partition coefficient (Wildman–Crippen LogP) is 2.87. The number of alkyl halides is 3. The number of carbonyl (C=O) groups is 3. The van der Waals surface area contributed by atoms with Gasteiger partial charge in [-0.3, -0.25) is 14.4 Å². The minimum absolute atomic E-state index is 0.0107. The highest BCUT2D eigenvalue weighted by Crippen LogP contribution is 2.29. The number of nitrogens with one attached hydrogen (secondary N) is 2. The molecule has 0 radical (unpaired) electrons. The number of likely N-dealkylation sites (tertiary alicyclic amines) is 1. The van der Waals surface area contributed by atoms with Crippen molar-refractivity contribution in [3.05, 3.63) is 83.3 Å². The maximum absolute atomic E-state index is 13.0. The van der Waals surface area contributed by atoms with Crippen molar-refractivity contribution in [1.29, 1.82) is 0 Å². The van der Waals surface area contributed by atoms with Gasteiger partial charge >= 0.3 is 6.18 Å². The van der Waals surface area contributed by atoms with E-state index in [-0.39, 0.29) is 37.8 Å². The highest BCUT2D eigenvalue weighted by molar-refractivity contribution is 6.30. The first-order valence-electron chi connectivity index (χ1n) is 13.2. The van der Waals surface area contributed by atoms with Crippen molar-refractivity contribution >= 4 is 35.4 Å². The molecule has 226 valence electrons. The predicted molar refractivity (Wildman–Crippen MR) is 148 cm³/mol. The Morgan fingerprint density at radius 3 is 2.44 bits per heavy atom. The molecule has 15 heteroatoms. The molecule has 4 rings (SSSR count). The quantitative estimate of drug-likeness (QED) is 0.331. The van der Waals surface area contributed by atoms with Crippen molar-refractivity contribution in [3.8, 4) is 5.88 Å². The Labute approximate surface area is 249 Å². The van der Waals surface area contributed by atoms with Gasteiger partial charge in [0, 0.05) is 61.9 Å². The first-order chi connectivity index (χ1) is 20.6. The van der Waals surface area contributed by atoms with E-state index in [0.29, 0.717) is 23.7 Å². The minimum Gasteiger partial charge on any atom is -0.474 e. The Bertz CT molecular complexity index is 1430. The molecule has 3 aromatic rings. The van der Waals surface area contributed by atoms with E-state index >= 15 is 0 Å². The van der Waals surface area contributed by atoms with E-state index in [1.54, 1.807) is 36.4 Å². The van der Waals surface area contributed by atoms with Crippen LogP contribution in [0.25, 0.3) is 6.08 Å². The summed E-state index contributed by atoms with van der Waals surface area (Å²) in [4.78, 5) is 55.1. The third-order valence-corrected chi connectivity index (χ3v) is 6.62. The van der Waals surface area contributed by atoms with Gasteiger partial charge in [0.15, 0.2) is 5.69 Å². The van der Waals surface area contributed by atoms with Crippen molar-refractivity contribution in [2.75, 3.05) is 19.6 Å². The molecule has 0 spiro atoms. The SMILES string of the molecule is O=C(/C=C/c1ccc(Cl)cc1)N[C@@H](Cc1ncccn1)C(=O)NCC(=O)N1CCC(Oc2cc(C(F)(F)F)ncn2)CC1. The van der Waals surface area contributed by atoms with E-state index in [1.165, 1.54) is 23.4 Å². The van der Waals surface area contributed by atoms with Gasteiger partial charge in [0.2, 0.25) is 23.6 Å². The molecule has 1 aliphatic heterocycles. The van der Waals surface area contributed by atoms with Gasteiger partial charge in [0.1, 0.15) is 24.3 Å². The van der Waals surface area contributed by atoms with Crippen molar-refractivity contribution in [3.63, 3.8) is 0 Å². The second-order valence-electron chi connectivity index (χ2n) is 9.47. The molecule has 0 saturated carbocycles. The van der Waals surface area contributed by atoms with E-state index in [9.17, 15) is 27.6 Å². The minimum atomic E-state index is -4.62. The Morgan fingerprint density at radius 2 is 1.77 bits per heavy atom. The van der Waals surface area contributed by atoms with Gasteiger partial charge in [-0.1, -0.05) is 23.7 Å². The summed E-state index contributed by atoms with van der Waals surface area (Å²) >= 11 is 5.88. The number of aromatic nitrogens is 4. The standard InChI is InChI=1S/C28H27ClF3N7O4/c29-19-5-2-18(3-6-19)4-7-24(40)38-21(14-23-33-10-1-11-34-23)27(42)35-16-26(41)39-12-8-20(9-13-39)43-25-15-22(28(30,31)32)36-17-37-25/h1-7,10-11,15,17,20-21H,8-9,12-14,16H2,(H,35,42)(H,38,40)/b7-4+/t21-/m0/s1. The average molecular weight is 618 g/mol. The Kier molecular flexibility index (Phi) is 10.6. The number of nitrogens with zero attached hydrogens (tertiary/aromatic N) is 5. The van der Waals surface area contributed by atoms with Gasteiger partial charge in [-0.25, -0.2) is 19.9 Å². The number of rotatable bonds is 10. The van der Waals surface area contributed by atoms with Crippen LogP contribution in [-0.4, -0.2) is 74.3 Å². The summed E-state index contributed by atoms with van der Waals surface area (Å²) in [6, 6.07) is 8.11. The molecule has 43 heavy (non-hydrogen) atoms. The zero-order valence-corrected chi connectivity index (χ0v) is 23.4. The second kappa shape index (κ2) is 14.5. The molecular weight excluding hydrogens is 591 g/mol. The van der Waals surface area contributed by atoms with E-state index in [0.717, 1.165) is 18.0 Å². The average Bonchev–Trinajstić information content (AvgIpc) is 3.00. The van der Waals surface area contributed by atoms with Crippen LogP contribution >= 0.6 is 11.6 Å². The van der Waals surface area contributed by atoms with Crippen LogP contribution in [-0.2, 0) is 27.0 Å². The summed E-state index contributed by atoms with van der Waals surface area (Å²) in [5, 5.41) is 5.74. The van der Waals surface area contributed by atoms with Crippen LogP contribution in [0.1, 0.15) is 29.9 Å². The van der Waals surface area contributed by atoms with Crippen LogP contribution in [0.2, 0.25) is 5.02 Å². The summed E-state index contributed by atoms with van der Waals surface area (Å²) < 4.78 is 44.3. The van der Waals surface area contributed by atoms with Crippen molar-refractivity contribution in [1.82, 2.24) is 35.5 Å². The van der Waals surface area contributed by atoms with Gasteiger partial charge in [-0.05, 0) is 29.8 Å². The van der Waals surface area contributed by atoms with Crippen molar-refractivity contribution in [2.24, 2.45) is 0 Å². The molecule has 3 heterocycles. The van der Waals surface area contributed by atoms with Gasteiger partial charge in [-0.15, -0.1) is 0 Å². The molecule has 0 unspecified atom stereocenters. The number of hydrogen-bond acceptors (Lipinski definition) is 8. The summed E-state index contributed by atoms with van der Waals surface area (Å²) in [6.07, 6.45) is 2.29. The fourth-order valence-corrected chi connectivity index (χ4v) is 4.27. The fraction of sp³-hybridized carbons (Fsp3) is 0.321.